The van der Waals surface area contributed by atoms with E-state index in [1.54, 1.807) is 0 Å². The van der Waals surface area contributed by atoms with Gasteiger partial charge in [-0.3, -0.25) is 0 Å². The number of rotatable bonds is 7. The monoisotopic (exact) mass is 280 g/mol. The van der Waals surface area contributed by atoms with E-state index in [4.69, 9.17) is 14.6 Å². The van der Waals surface area contributed by atoms with Crippen molar-refractivity contribution in [3.05, 3.63) is 24.3 Å². The molecule has 0 radical (unpaired) electrons. The zero-order valence-electron chi connectivity index (χ0n) is 12.2. The molecule has 1 saturated carbocycles. The molecule has 0 aromatic carbocycles. The first-order chi connectivity index (χ1) is 9.56. The highest BCUT2D eigenvalue weighted by Crippen LogP contribution is 2.53. The Morgan fingerprint density at radius 2 is 2.10 bits per heavy atom. The molecule has 3 fully saturated rings. The van der Waals surface area contributed by atoms with Crippen LogP contribution < -0.4 is 0 Å². The molecule has 3 aliphatic rings. The minimum absolute atomic E-state index is 0.125. The van der Waals surface area contributed by atoms with Crippen molar-refractivity contribution in [3.8, 4) is 0 Å². The normalized spacial score (nSPS) is 33.1. The number of hydrogen-bond acceptors (Lipinski definition) is 3. The van der Waals surface area contributed by atoms with Crippen LogP contribution in [0.25, 0.3) is 0 Å². The van der Waals surface area contributed by atoms with Crippen LogP contribution in [-0.2, 0) is 14.3 Å². The number of carboxylic acid groups (broad SMARTS) is 1. The van der Waals surface area contributed by atoms with Gasteiger partial charge in [0.15, 0.2) is 0 Å². The third-order valence-electron chi connectivity index (χ3n) is 4.83. The van der Waals surface area contributed by atoms with Crippen LogP contribution in [0, 0.1) is 5.41 Å². The van der Waals surface area contributed by atoms with E-state index >= 15 is 0 Å². The second kappa shape index (κ2) is 6.10. The molecule has 0 aromatic heterocycles. The number of allylic oxidation sites excluding steroid dienone is 1. The van der Waals surface area contributed by atoms with Gasteiger partial charge < -0.3 is 14.6 Å². The molecule has 2 aliphatic heterocycles. The minimum atomic E-state index is -0.909. The number of hydrogen-bond donors (Lipinski definition) is 1. The molecule has 2 saturated heterocycles. The summed E-state index contributed by atoms with van der Waals surface area (Å²) in [6, 6.07) is 0. The lowest BCUT2D eigenvalue weighted by Crippen LogP contribution is -2.52. The van der Waals surface area contributed by atoms with Crippen molar-refractivity contribution in [3.63, 3.8) is 0 Å². The predicted molar refractivity (Wildman–Crippen MR) is 76.6 cm³/mol. The average Bonchev–Trinajstić information content (AvgIpc) is 2.47. The molecule has 0 aromatic rings. The Balaban J connectivity index is 1.89. The minimum Gasteiger partial charge on any atom is -0.480 e. The molecule has 0 atom stereocenters. The smallest absolute Gasteiger partial charge is 0.329 e. The summed E-state index contributed by atoms with van der Waals surface area (Å²) in [6.07, 6.45) is 9.18. The van der Waals surface area contributed by atoms with Crippen molar-refractivity contribution in [2.75, 3.05) is 19.8 Å². The van der Waals surface area contributed by atoms with Crippen molar-refractivity contribution in [2.24, 2.45) is 5.41 Å². The fourth-order valence-corrected chi connectivity index (χ4v) is 3.47. The Hall–Kier alpha value is -1.13. The summed E-state index contributed by atoms with van der Waals surface area (Å²) < 4.78 is 11.4. The second-order valence-corrected chi connectivity index (χ2v) is 5.93. The average molecular weight is 280 g/mol. The van der Waals surface area contributed by atoms with Gasteiger partial charge >= 0.3 is 5.97 Å². The topological polar surface area (TPSA) is 55.8 Å². The van der Waals surface area contributed by atoms with E-state index in [9.17, 15) is 4.79 Å². The van der Waals surface area contributed by atoms with E-state index in [0.29, 0.717) is 6.61 Å². The molecule has 1 N–H and O–H groups in total. The Morgan fingerprint density at radius 1 is 1.40 bits per heavy atom. The summed E-state index contributed by atoms with van der Waals surface area (Å²) in [6.45, 7) is 6.96. The van der Waals surface area contributed by atoms with E-state index in [-0.39, 0.29) is 17.6 Å². The van der Waals surface area contributed by atoms with Crippen molar-refractivity contribution >= 4 is 5.97 Å². The van der Waals surface area contributed by atoms with Crippen LogP contribution >= 0.6 is 0 Å². The molecule has 3 rings (SSSR count). The maximum absolute atomic E-state index is 10.4. The lowest BCUT2D eigenvalue weighted by atomic mass is 9.63. The van der Waals surface area contributed by atoms with Gasteiger partial charge in [-0.1, -0.05) is 18.7 Å². The Bertz CT molecular complexity index is 386. The van der Waals surface area contributed by atoms with Crippen LogP contribution in [0.3, 0.4) is 0 Å². The maximum Gasteiger partial charge on any atom is 0.329 e. The fourth-order valence-electron chi connectivity index (χ4n) is 3.47. The molecule has 20 heavy (non-hydrogen) atoms. The maximum atomic E-state index is 10.4. The first kappa shape index (κ1) is 15.3. The van der Waals surface area contributed by atoms with Crippen molar-refractivity contribution in [1.29, 1.82) is 0 Å². The first-order valence-electron chi connectivity index (χ1n) is 7.29. The predicted octanol–water partition coefficient (Wildman–Crippen LogP) is 2.94. The molecule has 112 valence electrons. The van der Waals surface area contributed by atoms with E-state index in [2.05, 4.69) is 12.7 Å². The first-order valence-corrected chi connectivity index (χ1v) is 7.29. The van der Waals surface area contributed by atoms with Crippen LogP contribution in [0.1, 0.15) is 39.0 Å². The number of carboxylic acids is 1. The Labute approximate surface area is 120 Å². The molecular weight excluding hydrogens is 256 g/mol. The highest BCUT2D eigenvalue weighted by molar-refractivity contribution is 5.67. The zero-order chi connectivity index (χ0) is 14.6. The standard InChI is InChI=1S/C16H24O4/c1-3-13(4-2)16-7-5-15(6-8-16,12-20-16)9-10-19-11-14(17)18/h3-4H,1,5-12H2,2H3,(H,17,18). The molecule has 4 nitrogen and oxygen atoms in total. The molecule has 1 aliphatic carbocycles. The van der Waals surface area contributed by atoms with Crippen molar-refractivity contribution in [1.82, 2.24) is 0 Å². The van der Waals surface area contributed by atoms with Crippen molar-refractivity contribution < 1.29 is 19.4 Å². The van der Waals surface area contributed by atoms with E-state index < -0.39 is 5.97 Å². The number of carbonyl (C=O) groups is 1. The lowest BCUT2D eigenvalue weighted by Gasteiger charge is -2.54. The van der Waals surface area contributed by atoms with Crippen LogP contribution in [0.2, 0.25) is 0 Å². The van der Waals surface area contributed by atoms with Gasteiger partial charge in [0.2, 0.25) is 0 Å². The van der Waals surface area contributed by atoms with Gasteiger partial charge in [-0.25, -0.2) is 4.79 Å². The van der Waals surface area contributed by atoms with Crippen LogP contribution in [-0.4, -0.2) is 36.5 Å². The van der Waals surface area contributed by atoms with Gasteiger partial charge in [-0.05, 0) is 50.0 Å². The van der Waals surface area contributed by atoms with Gasteiger partial charge in [0.05, 0.1) is 12.2 Å². The summed E-state index contributed by atoms with van der Waals surface area (Å²) in [5.41, 5.74) is 1.26. The van der Waals surface area contributed by atoms with Crippen molar-refractivity contribution in [2.45, 2.75) is 44.6 Å². The van der Waals surface area contributed by atoms with Gasteiger partial charge in [-0.15, -0.1) is 0 Å². The van der Waals surface area contributed by atoms with E-state index in [1.807, 2.05) is 13.0 Å². The molecular formula is C16H24O4. The fraction of sp³-hybridized carbons (Fsp3) is 0.688. The van der Waals surface area contributed by atoms with Gasteiger partial charge in [0.25, 0.3) is 0 Å². The van der Waals surface area contributed by atoms with Gasteiger partial charge in [-0.2, -0.15) is 0 Å². The highest BCUT2D eigenvalue weighted by Gasteiger charge is 2.50. The van der Waals surface area contributed by atoms with E-state index in [1.165, 1.54) is 5.57 Å². The summed E-state index contributed by atoms with van der Waals surface area (Å²) in [5.74, 6) is -0.909. The Morgan fingerprint density at radius 3 is 2.55 bits per heavy atom. The number of ether oxygens (including phenoxy) is 2. The third kappa shape index (κ3) is 2.96. The summed E-state index contributed by atoms with van der Waals surface area (Å²) in [4.78, 5) is 10.4. The summed E-state index contributed by atoms with van der Waals surface area (Å²) >= 11 is 0. The summed E-state index contributed by atoms with van der Waals surface area (Å²) in [5, 5.41) is 8.56. The largest absolute Gasteiger partial charge is 0.480 e. The van der Waals surface area contributed by atoms with Crippen LogP contribution in [0.4, 0.5) is 0 Å². The zero-order valence-corrected chi connectivity index (χ0v) is 12.2. The van der Waals surface area contributed by atoms with E-state index in [0.717, 1.165) is 38.7 Å². The van der Waals surface area contributed by atoms with Gasteiger partial charge in [0.1, 0.15) is 6.61 Å². The molecule has 4 heteroatoms. The van der Waals surface area contributed by atoms with Gasteiger partial charge in [0, 0.05) is 6.61 Å². The molecule has 0 unspecified atom stereocenters. The number of fused-ring (bicyclic) bond motifs is 3. The quantitative estimate of drug-likeness (QED) is 0.575. The number of aliphatic carboxylic acids is 1. The lowest BCUT2D eigenvalue weighted by molar-refractivity contribution is -0.169. The van der Waals surface area contributed by atoms with Crippen LogP contribution in [0.5, 0.6) is 0 Å². The Kier molecular flexibility index (Phi) is 4.66. The molecule has 0 amide bonds. The molecule has 0 spiro atoms. The second-order valence-electron chi connectivity index (χ2n) is 5.93. The highest BCUT2D eigenvalue weighted by atomic mass is 16.5. The van der Waals surface area contributed by atoms with Crippen LogP contribution in [0.15, 0.2) is 24.3 Å². The third-order valence-corrected chi connectivity index (χ3v) is 4.83. The molecule has 2 heterocycles. The molecule has 2 bridgehead atoms. The summed E-state index contributed by atoms with van der Waals surface area (Å²) in [7, 11) is 0. The SMILES string of the molecule is C=CC(=CC)C12CCC(CCOCC(=O)O)(CC1)CO2.